The van der Waals surface area contributed by atoms with Crippen molar-refractivity contribution in [1.29, 1.82) is 5.26 Å². The fourth-order valence-electron chi connectivity index (χ4n) is 2.04. The van der Waals surface area contributed by atoms with Crippen LogP contribution in [0.15, 0.2) is 42.5 Å². The van der Waals surface area contributed by atoms with Gasteiger partial charge in [-0.25, -0.2) is 0 Å². The fourth-order valence-corrected chi connectivity index (χ4v) is 2.04. The molecule has 0 bridgehead atoms. The van der Waals surface area contributed by atoms with Crippen molar-refractivity contribution in [1.82, 2.24) is 5.32 Å². The van der Waals surface area contributed by atoms with Gasteiger partial charge in [0.1, 0.15) is 5.75 Å². The Labute approximate surface area is 123 Å². The molecule has 0 radical (unpaired) electrons. The van der Waals surface area contributed by atoms with E-state index in [0.29, 0.717) is 5.56 Å². The van der Waals surface area contributed by atoms with Crippen LogP contribution >= 0.6 is 0 Å². The average Bonchev–Trinajstić information content (AvgIpc) is 2.49. The number of aryl methyl sites for hydroxylation is 1. The molecule has 1 amide bonds. The highest BCUT2D eigenvalue weighted by molar-refractivity contribution is 5.97. The second-order valence-corrected chi connectivity index (χ2v) is 4.95. The Morgan fingerprint density at radius 2 is 1.90 bits per heavy atom. The lowest BCUT2D eigenvalue weighted by molar-refractivity contribution is 0.0937. The van der Waals surface area contributed by atoms with Crippen molar-refractivity contribution in [3.05, 3.63) is 64.7 Å². The van der Waals surface area contributed by atoms with Crippen LogP contribution in [-0.2, 0) is 0 Å². The lowest BCUT2D eigenvalue weighted by atomic mass is 10.1. The molecule has 2 aromatic carbocycles. The van der Waals surface area contributed by atoms with Crippen LogP contribution in [0, 0.1) is 18.3 Å². The summed E-state index contributed by atoms with van der Waals surface area (Å²) in [5.41, 5.74) is 2.64. The Morgan fingerprint density at radius 1 is 1.24 bits per heavy atom. The lowest BCUT2D eigenvalue weighted by Gasteiger charge is -2.15. The Morgan fingerprint density at radius 3 is 2.52 bits per heavy atom. The van der Waals surface area contributed by atoms with Gasteiger partial charge in [0.05, 0.1) is 23.2 Å². The summed E-state index contributed by atoms with van der Waals surface area (Å²) in [4.78, 5) is 12.2. The van der Waals surface area contributed by atoms with E-state index in [4.69, 9.17) is 5.26 Å². The number of nitrogens with one attached hydrogen (secondary N) is 1. The highest BCUT2D eigenvalue weighted by Gasteiger charge is 2.14. The first kappa shape index (κ1) is 14.6. The maximum Gasteiger partial charge on any atom is 0.255 e. The lowest BCUT2D eigenvalue weighted by Crippen LogP contribution is -2.26. The topological polar surface area (TPSA) is 73.1 Å². The first-order valence-electron chi connectivity index (χ1n) is 6.62. The number of nitrogens with zero attached hydrogens (tertiary/aromatic N) is 1. The van der Waals surface area contributed by atoms with Crippen molar-refractivity contribution in [3.8, 4) is 11.8 Å². The van der Waals surface area contributed by atoms with E-state index in [1.807, 2.05) is 13.8 Å². The van der Waals surface area contributed by atoms with Gasteiger partial charge in [-0.2, -0.15) is 5.26 Å². The van der Waals surface area contributed by atoms with E-state index in [1.54, 1.807) is 36.4 Å². The summed E-state index contributed by atoms with van der Waals surface area (Å²) in [5.74, 6) is -0.363. The molecule has 0 aromatic heterocycles. The number of phenols is 1. The van der Waals surface area contributed by atoms with E-state index >= 15 is 0 Å². The second kappa shape index (κ2) is 6.10. The van der Waals surface area contributed by atoms with Crippen LogP contribution < -0.4 is 5.32 Å². The van der Waals surface area contributed by atoms with Crippen LogP contribution in [-0.4, -0.2) is 11.0 Å². The summed E-state index contributed by atoms with van der Waals surface area (Å²) in [6.45, 7) is 3.71. The van der Waals surface area contributed by atoms with Gasteiger partial charge >= 0.3 is 0 Å². The largest absolute Gasteiger partial charge is 0.507 e. The van der Waals surface area contributed by atoms with Gasteiger partial charge in [-0.1, -0.05) is 23.8 Å². The van der Waals surface area contributed by atoms with E-state index < -0.39 is 0 Å². The van der Waals surface area contributed by atoms with Gasteiger partial charge in [0.25, 0.3) is 5.91 Å². The second-order valence-electron chi connectivity index (χ2n) is 4.95. The molecule has 4 heteroatoms. The summed E-state index contributed by atoms with van der Waals surface area (Å²) >= 11 is 0. The molecule has 0 saturated carbocycles. The number of carbonyl (C=O) groups is 1. The minimum atomic E-state index is -0.326. The first-order chi connectivity index (χ1) is 10.0. The number of amides is 1. The monoisotopic (exact) mass is 280 g/mol. The number of hydrogen-bond donors (Lipinski definition) is 2. The fraction of sp³-hybridized carbons (Fsp3) is 0.176. The van der Waals surface area contributed by atoms with Crippen LogP contribution in [0.4, 0.5) is 0 Å². The van der Waals surface area contributed by atoms with E-state index in [-0.39, 0.29) is 23.3 Å². The molecule has 0 heterocycles. The zero-order chi connectivity index (χ0) is 15.4. The summed E-state index contributed by atoms with van der Waals surface area (Å²) < 4.78 is 0. The standard InChI is InChI=1S/C17H16N2O2/c1-11-3-8-16(20)15(9-11)17(21)19-12(2)14-6-4-13(10-18)5-7-14/h3-9,12,20H,1-2H3,(H,19,21). The van der Waals surface area contributed by atoms with Crippen molar-refractivity contribution >= 4 is 5.91 Å². The van der Waals surface area contributed by atoms with Gasteiger partial charge in [0.15, 0.2) is 0 Å². The predicted molar refractivity (Wildman–Crippen MR) is 79.9 cm³/mol. The van der Waals surface area contributed by atoms with Crippen molar-refractivity contribution in [2.45, 2.75) is 19.9 Å². The Bertz CT molecular complexity index is 700. The van der Waals surface area contributed by atoms with Gasteiger partial charge < -0.3 is 10.4 Å². The molecule has 1 unspecified atom stereocenters. The third-order valence-corrected chi connectivity index (χ3v) is 3.28. The molecular weight excluding hydrogens is 264 g/mol. The molecule has 0 aliphatic rings. The SMILES string of the molecule is Cc1ccc(O)c(C(=O)NC(C)c2ccc(C#N)cc2)c1. The Kier molecular flexibility index (Phi) is 4.24. The van der Waals surface area contributed by atoms with E-state index in [9.17, 15) is 9.90 Å². The molecular formula is C17H16N2O2. The molecule has 21 heavy (non-hydrogen) atoms. The Hall–Kier alpha value is -2.80. The van der Waals surface area contributed by atoms with Gasteiger partial charge in [0.2, 0.25) is 0 Å². The smallest absolute Gasteiger partial charge is 0.255 e. The molecule has 2 N–H and O–H groups in total. The predicted octanol–water partition coefficient (Wildman–Crippen LogP) is 3.06. The highest BCUT2D eigenvalue weighted by atomic mass is 16.3. The molecule has 0 spiro atoms. The van der Waals surface area contributed by atoms with Gasteiger partial charge in [-0.15, -0.1) is 0 Å². The minimum absolute atomic E-state index is 0.0369. The van der Waals surface area contributed by atoms with E-state index in [1.165, 1.54) is 6.07 Å². The summed E-state index contributed by atoms with van der Waals surface area (Å²) in [7, 11) is 0. The zero-order valence-corrected chi connectivity index (χ0v) is 11.9. The maximum absolute atomic E-state index is 12.2. The molecule has 106 valence electrons. The maximum atomic E-state index is 12.2. The Balaban J connectivity index is 2.14. The van der Waals surface area contributed by atoms with Gasteiger partial charge in [-0.3, -0.25) is 4.79 Å². The van der Waals surface area contributed by atoms with E-state index in [0.717, 1.165) is 11.1 Å². The summed E-state index contributed by atoms with van der Waals surface area (Å²) in [6.07, 6.45) is 0. The highest BCUT2D eigenvalue weighted by Crippen LogP contribution is 2.20. The first-order valence-corrected chi connectivity index (χ1v) is 6.62. The number of carbonyl (C=O) groups excluding carboxylic acids is 1. The van der Waals surface area contributed by atoms with Crippen LogP contribution in [0.3, 0.4) is 0 Å². The van der Waals surface area contributed by atoms with E-state index in [2.05, 4.69) is 11.4 Å². The van der Waals surface area contributed by atoms with Crippen molar-refractivity contribution < 1.29 is 9.90 Å². The number of benzene rings is 2. The van der Waals surface area contributed by atoms with Crippen molar-refractivity contribution in [2.75, 3.05) is 0 Å². The van der Waals surface area contributed by atoms with Crippen LogP contribution in [0.25, 0.3) is 0 Å². The van der Waals surface area contributed by atoms with Crippen molar-refractivity contribution in [3.63, 3.8) is 0 Å². The number of nitriles is 1. The number of phenolic OH excluding ortho intramolecular Hbond substituents is 1. The number of hydrogen-bond acceptors (Lipinski definition) is 3. The normalized spacial score (nSPS) is 11.5. The summed E-state index contributed by atoms with van der Waals surface area (Å²) in [6, 6.07) is 13.8. The number of aromatic hydroxyl groups is 1. The minimum Gasteiger partial charge on any atom is -0.507 e. The molecule has 4 nitrogen and oxygen atoms in total. The molecule has 0 aliphatic carbocycles. The van der Waals surface area contributed by atoms with Gasteiger partial charge in [0, 0.05) is 0 Å². The van der Waals surface area contributed by atoms with Crippen molar-refractivity contribution in [2.24, 2.45) is 0 Å². The van der Waals surface area contributed by atoms with Crippen LogP contribution in [0.5, 0.6) is 5.75 Å². The molecule has 2 aromatic rings. The molecule has 0 fully saturated rings. The third kappa shape index (κ3) is 3.40. The average molecular weight is 280 g/mol. The van der Waals surface area contributed by atoms with Gasteiger partial charge in [-0.05, 0) is 43.7 Å². The molecule has 1 atom stereocenters. The van der Waals surface area contributed by atoms with Crippen LogP contribution in [0.1, 0.15) is 40.0 Å². The molecule has 0 saturated heterocycles. The number of rotatable bonds is 3. The third-order valence-electron chi connectivity index (χ3n) is 3.28. The summed E-state index contributed by atoms with van der Waals surface area (Å²) in [5, 5.41) is 21.4. The quantitative estimate of drug-likeness (QED) is 0.907. The zero-order valence-electron chi connectivity index (χ0n) is 11.9. The van der Waals surface area contributed by atoms with Crippen LogP contribution in [0.2, 0.25) is 0 Å². The molecule has 2 rings (SSSR count). The molecule has 0 aliphatic heterocycles.